The first-order chi connectivity index (χ1) is 8.62. The van der Waals surface area contributed by atoms with E-state index in [4.69, 9.17) is 9.47 Å². The topological polar surface area (TPSA) is 43.4 Å². The highest BCUT2D eigenvalue weighted by Crippen LogP contribution is 2.29. The number of hydrogen-bond donors (Lipinski definition) is 1. The molecule has 0 radical (unpaired) electrons. The van der Waals surface area contributed by atoms with Gasteiger partial charge in [-0.3, -0.25) is 0 Å². The van der Waals surface area contributed by atoms with E-state index in [1.165, 1.54) is 0 Å². The van der Waals surface area contributed by atoms with Crippen molar-refractivity contribution in [2.75, 3.05) is 19.7 Å². The van der Waals surface area contributed by atoms with Crippen LogP contribution >= 0.6 is 0 Å². The molecule has 1 N–H and O–H groups in total. The van der Waals surface area contributed by atoms with Gasteiger partial charge in [0.1, 0.15) is 6.10 Å². The van der Waals surface area contributed by atoms with Gasteiger partial charge in [0.2, 0.25) is 11.8 Å². The van der Waals surface area contributed by atoms with Gasteiger partial charge < -0.3 is 14.8 Å². The molecule has 0 amide bonds. The van der Waals surface area contributed by atoms with Crippen LogP contribution in [0.5, 0.6) is 11.8 Å². The van der Waals surface area contributed by atoms with Crippen LogP contribution in [0.3, 0.4) is 0 Å². The molecule has 0 bridgehead atoms. The molecule has 2 heterocycles. The molecule has 1 atom stereocenters. The Morgan fingerprint density at radius 1 is 1.39 bits per heavy atom. The summed E-state index contributed by atoms with van der Waals surface area (Å²) in [6.45, 7) is 8.98. The van der Waals surface area contributed by atoms with Crippen LogP contribution in [0.1, 0.15) is 27.2 Å². The average Bonchev–Trinajstić information content (AvgIpc) is 2.33. The molecule has 0 aliphatic carbocycles. The quantitative estimate of drug-likeness (QED) is 0.890. The van der Waals surface area contributed by atoms with Gasteiger partial charge in [-0.25, -0.2) is 0 Å². The maximum absolute atomic E-state index is 6.03. The molecule has 1 aliphatic rings. The van der Waals surface area contributed by atoms with Gasteiger partial charge in [-0.2, -0.15) is 4.98 Å². The molecule has 18 heavy (non-hydrogen) atoms. The van der Waals surface area contributed by atoms with Crippen molar-refractivity contribution >= 4 is 0 Å². The Hall–Kier alpha value is -1.29. The Morgan fingerprint density at radius 2 is 2.17 bits per heavy atom. The van der Waals surface area contributed by atoms with Gasteiger partial charge in [-0.1, -0.05) is 19.9 Å². The number of rotatable bonds is 4. The standard InChI is InChI=1S/C14H22N2O2/c1-4-17-12-6-5-7-13(16-12)18-11-8-9-15-10-14(11,2)3/h5-7,11,15H,4,8-10H2,1-3H3. The Kier molecular flexibility index (Phi) is 4.07. The van der Waals surface area contributed by atoms with Crippen LogP contribution in [0.4, 0.5) is 0 Å². The van der Waals surface area contributed by atoms with Gasteiger partial charge in [-0.05, 0) is 19.9 Å². The summed E-state index contributed by atoms with van der Waals surface area (Å²) in [5, 5.41) is 3.40. The summed E-state index contributed by atoms with van der Waals surface area (Å²) in [5.74, 6) is 1.28. The van der Waals surface area contributed by atoms with E-state index in [1.54, 1.807) is 0 Å². The van der Waals surface area contributed by atoms with Crippen LogP contribution in [-0.2, 0) is 0 Å². The number of hydrogen-bond acceptors (Lipinski definition) is 4. The normalized spacial score (nSPS) is 22.5. The van der Waals surface area contributed by atoms with E-state index in [0.717, 1.165) is 19.5 Å². The van der Waals surface area contributed by atoms with E-state index in [0.29, 0.717) is 18.4 Å². The summed E-state index contributed by atoms with van der Waals surface area (Å²) in [6.07, 6.45) is 1.20. The molecule has 2 rings (SSSR count). The van der Waals surface area contributed by atoms with E-state index in [2.05, 4.69) is 24.1 Å². The summed E-state index contributed by atoms with van der Waals surface area (Å²) in [7, 11) is 0. The second kappa shape index (κ2) is 5.57. The minimum absolute atomic E-state index is 0.127. The number of pyridine rings is 1. The third-order valence-electron chi connectivity index (χ3n) is 3.29. The Balaban J connectivity index is 2.06. The lowest BCUT2D eigenvalue weighted by Crippen LogP contribution is -2.48. The van der Waals surface area contributed by atoms with Crippen molar-refractivity contribution in [3.05, 3.63) is 18.2 Å². The van der Waals surface area contributed by atoms with Gasteiger partial charge in [0.25, 0.3) is 0 Å². The molecule has 1 saturated heterocycles. The summed E-state index contributed by atoms with van der Waals surface area (Å²) >= 11 is 0. The molecule has 4 nitrogen and oxygen atoms in total. The lowest BCUT2D eigenvalue weighted by molar-refractivity contribution is 0.0409. The third kappa shape index (κ3) is 3.13. The Labute approximate surface area is 109 Å². The molecule has 0 aromatic carbocycles. The number of aromatic nitrogens is 1. The minimum atomic E-state index is 0.127. The zero-order chi connectivity index (χ0) is 13.0. The highest BCUT2D eigenvalue weighted by atomic mass is 16.5. The Morgan fingerprint density at radius 3 is 2.89 bits per heavy atom. The van der Waals surface area contributed by atoms with Gasteiger partial charge in [0.05, 0.1) is 6.61 Å². The van der Waals surface area contributed by atoms with Crippen LogP contribution in [0.2, 0.25) is 0 Å². The van der Waals surface area contributed by atoms with Crippen molar-refractivity contribution in [2.45, 2.75) is 33.3 Å². The third-order valence-corrected chi connectivity index (χ3v) is 3.29. The van der Waals surface area contributed by atoms with E-state index in [9.17, 15) is 0 Å². The molecular weight excluding hydrogens is 228 g/mol. The molecule has 1 aromatic heterocycles. The lowest BCUT2D eigenvalue weighted by atomic mass is 9.82. The molecule has 0 spiro atoms. The van der Waals surface area contributed by atoms with Crippen molar-refractivity contribution in [1.82, 2.24) is 10.3 Å². The average molecular weight is 250 g/mol. The number of nitrogens with zero attached hydrogens (tertiary/aromatic N) is 1. The predicted molar refractivity (Wildman–Crippen MR) is 71.1 cm³/mol. The van der Waals surface area contributed by atoms with E-state index in [1.807, 2.05) is 25.1 Å². The van der Waals surface area contributed by atoms with Crippen molar-refractivity contribution in [2.24, 2.45) is 5.41 Å². The van der Waals surface area contributed by atoms with Gasteiger partial charge in [0.15, 0.2) is 0 Å². The maximum atomic E-state index is 6.03. The largest absolute Gasteiger partial charge is 0.478 e. The van der Waals surface area contributed by atoms with Crippen LogP contribution in [0.25, 0.3) is 0 Å². The SMILES string of the molecule is CCOc1cccc(OC2CCNCC2(C)C)n1. The van der Waals surface area contributed by atoms with Crippen molar-refractivity contribution in [3.8, 4) is 11.8 Å². The number of nitrogens with one attached hydrogen (secondary N) is 1. The summed E-state index contributed by atoms with van der Waals surface area (Å²) < 4.78 is 11.4. The van der Waals surface area contributed by atoms with E-state index in [-0.39, 0.29) is 11.5 Å². The molecule has 1 aromatic rings. The summed E-state index contributed by atoms with van der Waals surface area (Å²) in [5.41, 5.74) is 0.127. The highest BCUT2D eigenvalue weighted by molar-refractivity contribution is 5.20. The fourth-order valence-electron chi connectivity index (χ4n) is 2.20. The van der Waals surface area contributed by atoms with Gasteiger partial charge in [-0.15, -0.1) is 0 Å². The zero-order valence-electron chi connectivity index (χ0n) is 11.4. The first-order valence-electron chi connectivity index (χ1n) is 6.59. The number of ether oxygens (including phenoxy) is 2. The second-order valence-electron chi connectivity index (χ2n) is 5.31. The Bertz CT molecular complexity index is 393. The van der Waals surface area contributed by atoms with Crippen LogP contribution < -0.4 is 14.8 Å². The van der Waals surface area contributed by atoms with Gasteiger partial charge >= 0.3 is 0 Å². The molecule has 1 aliphatic heterocycles. The second-order valence-corrected chi connectivity index (χ2v) is 5.31. The zero-order valence-corrected chi connectivity index (χ0v) is 11.4. The fraction of sp³-hybridized carbons (Fsp3) is 0.643. The molecule has 1 unspecified atom stereocenters. The number of piperidine rings is 1. The van der Waals surface area contributed by atoms with Crippen molar-refractivity contribution in [1.29, 1.82) is 0 Å². The fourth-order valence-corrected chi connectivity index (χ4v) is 2.20. The molecule has 0 saturated carbocycles. The smallest absolute Gasteiger partial charge is 0.216 e. The molecule has 4 heteroatoms. The minimum Gasteiger partial charge on any atom is -0.478 e. The monoisotopic (exact) mass is 250 g/mol. The van der Waals surface area contributed by atoms with Crippen molar-refractivity contribution < 1.29 is 9.47 Å². The predicted octanol–water partition coefficient (Wildman–Crippen LogP) is 2.25. The maximum Gasteiger partial charge on any atom is 0.216 e. The van der Waals surface area contributed by atoms with Crippen LogP contribution in [0.15, 0.2) is 18.2 Å². The summed E-state index contributed by atoms with van der Waals surface area (Å²) in [4.78, 5) is 4.36. The van der Waals surface area contributed by atoms with E-state index >= 15 is 0 Å². The lowest BCUT2D eigenvalue weighted by Gasteiger charge is -2.38. The first kappa shape index (κ1) is 13.1. The van der Waals surface area contributed by atoms with E-state index < -0.39 is 0 Å². The first-order valence-corrected chi connectivity index (χ1v) is 6.59. The molecular formula is C14H22N2O2. The molecule has 1 fully saturated rings. The van der Waals surface area contributed by atoms with Crippen LogP contribution in [0, 0.1) is 5.41 Å². The van der Waals surface area contributed by atoms with Crippen molar-refractivity contribution in [3.63, 3.8) is 0 Å². The summed E-state index contributed by atoms with van der Waals surface area (Å²) in [6, 6.07) is 5.66. The molecule has 100 valence electrons. The highest BCUT2D eigenvalue weighted by Gasteiger charge is 2.34. The van der Waals surface area contributed by atoms with Crippen LogP contribution in [-0.4, -0.2) is 30.8 Å². The van der Waals surface area contributed by atoms with Gasteiger partial charge in [0, 0.05) is 24.1 Å².